The molecule has 2 amide bonds. The molecule has 0 fully saturated rings. The first-order valence-electron chi connectivity index (χ1n) is 9.78. The van der Waals surface area contributed by atoms with Crippen molar-refractivity contribution in [2.45, 2.75) is 59.2 Å². The third-order valence-electron chi connectivity index (χ3n) is 3.77. The van der Waals surface area contributed by atoms with Crippen LogP contribution < -0.4 is 21.3 Å². The summed E-state index contributed by atoms with van der Waals surface area (Å²) in [5.74, 6) is 0.529. The van der Waals surface area contributed by atoms with Gasteiger partial charge in [0.05, 0.1) is 5.54 Å². The molecule has 1 aromatic rings. The average Bonchev–Trinajstić information content (AvgIpc) is 2.60. The summed E-state index contributed by atoms with van der Waals surface area (Å²) >= 11 is 0. The zero-order valence-electron chi connectivity index (χ0n) is 19.0. The van der Waals surface area contributed by atoms with Gasteiger partial charge in [-0.2, -0.15) is 0 Å². The number of guanidine groups is 1. The van der Waals surface area contributed by atoms with Gasteiger partial charge < -0.3 is 26.0 Å². The molecule has 0 radical (unpaired) electrons. The molecule has 0 aromatic heterocycles. The summed E-state index contributed by atoms with van der Waals surface area (Å²) in [4.78, 5) is 28.0. The van der Waals surface area contributed by atoms with E-state index in [0.717, 1.165) is 5.56 Å². The van der Waals surface area contributed by atoms with Gasteiger partial charge in [-0.25, -0.2) is 4.79 Å². The molecule has 170 valence electrons. The van der Waals surface area contributed by atoms with E-state index in [1.807, 2.05) is 53.7 Å². The maximum absolute atomic E-state index is 12.0. The van der Waals surface area contributed by atoms with Gasteiger partial charge in [-0.1, -0.05) is 12.1 Å². The van der Waals surface area contributed by atoms with E-state index in [2.05, 4.69) is 26.3 Å². The smallest absolute Gasteiger partial charge is 0.408 e. The minimum Gasteiger partial charge on any atom is -0.444 e. The Labute approximate surface area is 197 Å². The number of aliphatic imine (C=N–C) groups is 1. The first kappa shape index (κ1) is 28.0. The van der Waals surface area contributed by atoms with E-state index in [0.29, 0.717) is 31.2 Å². The summed E-state index contributed by atoms with van der Waals surface area (Å²) < 4.78 is 5.30. The number of hydrogen-bond acceptors (Lipinski definition) is 4. The second-order valence-corrected chi connectivity index (χ2v) is 8.35. The molecule has 0 aliphatic carbocycles. The Morgan fingerprint density at radius 3 is 2.10 bits per heavy atom. The zero-order chi connectivity index (χ0) is 22.1. The van der Waals surface area contributed by atoms with E-state index in [1.54, 1.807) is 19.2 Å². The van der Waals surface area contributed by atoms with Crippen molar-refractivity contribution in [2.24, 2.45) is 4.99 Å². The van der Waals surface area contributed by atoms with Crippen molar-refractivity contribution in [1.29, 1.82) is 0 Å². The molecule has 4 N–H and O–H groups in total. The number of rotatable bonds is 7. The summed E-state index contributed by atoms with van der Waals surface area (Å²) in [6.45, 7) is 12.8. The SMILES string of the molecule is CCNC(=O)c1ccc(CNC(=NC)NCC(C)(C)NC(=O)OC(C)(C)C)cc1.I. The van der Waals surface area contributed by atoms with E-state index in [-0.39, 0.29) is 29.9 Å². The molecule has 0 spiro atoms. The van der Waals surface area contributed by atoms with Crippen LogP contribution >= 0.6 is 24.0 Å². The molecule has 8 nitrogen and oxygen atoms in total. The summed E-state index contributed by atoms with van der Waals surface area (Å²) in [6, 6.07) is 7.40. The number of nitrogens with one attached hydrogen (secondary N) is 4. The Bertz CT molecular complexity index is 712. The third kappa shape index (κ3) is 11.2. The van der Waals surface area contributed by atoms with Crippen molar-refractivity contribution in [3.05, 3.63) is 35.4 Å². The maximum atomic E-state index is 12.0. The number of alkyl carbamates (subject to hydrolysis) is 1. The standard InChI is InChI=1S/C21H35N5O3.HI/c1-8-23-17(27)16-11-9-15(10-12-16)13-24-18(22-7)25-14-21(5,6)26-19(28)29-20(2,3)4;/h9-12H,8,13-14H2,1-7H3,(H,23,27)(H,26,28)(H2,22,24,25);1H. The van der Waals surface area contributed by atoms with E-state index < -0.39 is 17.2 Å². The average molecular weight is 533 g/mol. The van der Waals surface area contributed by atoms with Crippen molar-refractivity contribution in [1.82, 2.24) is 21.3 Å². The fraction of sp³-hybridized carbons (Fsp3) is 0.571. The molecule has 1 rings (SSSR count). The fourth-order valence-electron chi connectivity index (χ4n) is 2.37. The highest BCUT2D eigenvalue weighted by Crippen LogP contribution is 2.09. The van der Waals surface area contributed by atoms with Gasteiger partial charge in [0.15, 0.2) is 5.96 Å². The Morgan fingerprint density at radius 1 is 1.00 bits per heavy atom. The minimum absolute atomic E-state index is 0. The van der Waals surface area contributed by atoms with Gasteiger partial charge in [0.2, 0.25) is 0 Å². The second-order valence-electron chi connectivity index (χ2n) is 8.35. The highest BCUT2D eigenvalue weighted by molar-refractivity contribution is 14.0. The monoisotopic (exact) mass is 533 g/mol. The number of amides is 2. The van der Waals surface area contributed by atoms with Crippen LogP contribution in [-0.4, -0.2) is 49.2 Å². The van der Waals surface area contributed by atoms with Crippen molar-refractivity contribution in [2.75, 3.05) is 20.1 Å². The number of ether oxygens (including phenoxy) is 1. The van der Waals surface area contributed by atoms with Gasteiger partial charge in [0.1, 0.15) is 5.60 Å². The molecule has 0 heterocycles. The molecule has 0 unspecified atom stereocenters. The highest BCUT2D eigenvalue weighted by Gasteiger charge is 2.24. The summed E-state index contributed by atoms with van der Waals surface area (Å²) in [6.07, 6.45) is -0.459. The van der Waals surface area contributed by atoms with Crippen molar-refractivity contribution in [3.63, 3.8) is 0 Å². The Morgan fingerprint density at radius 2 is 1.60 bits per heavy atom. The van der Waals surface area contributed by atoms with Crippen LogP contribution in [0.15, 0.2) is 29.3 Å². The van der Waals surface area contributed by atoms with Crippen LogP contribution in [0.3, 0.4) is 0 Å². The fourth-order valence-corrected chi connectivity index (χ4v) is 2.37. The van der Waals surface area contributed by atoms with Crippen molar-refractivity contribution >= 4 is 41.9 Å². The normalized spacial score (nSPS) is 11.8. The number of benzene rings is 1. The molecule has 9 heteroatoms. The molecule has 0 atom stereocenters. The summed E-state index contributed by atoms with van der Waals surface area (Å²) in [7, 11) is 1.68. The van der Waals surface area contributed by atoms with Crippen molar-refractivity contribution in [3.8, 4) is 0 Å². The number of carbonyl (C=O) groups is 2. The minimum atomic E-state index is -0.544. The zero-order valence-corrected chi connectivity index (χ0v) is 21.3. The van der Waals surface area contributed by atoms with Crippen LogP contribution in [0, 0.1) is 0 Å². The molecule has 30 heavy (non-hydrogen) atoms. The van der Waals surface area contributed by atoms with E-state index >= 15 is 0 Å². The van der Waals surface area contributed by atoms with Crippen LogP contribution in [0.25, 0.3) is 0 Å². The van der Waals surface area contributed by atoms with E-state index in [1.165, 1.54) is 0 Å². The van der Waals surface area contributed by atoms with E-state index in [4.69, 9.17) is 4.74 Å². The molecule has 0 aliphatic heterocycles. The van der Waals surface area contributed by atoms with Gasteiger partial charge in [-0.15, -0.1) is 24.0 Å². The largest absolute Gasteiger partial charge is 0.444 e. The summed E-state index contributed by atoms with van der Waals surface area (Å²) in [5.41, 5.74) is 0.576. The predicted molar refractivity (Wildman–Crippen MR) is 132 cm³/mol. The molecule has 0 saturated heterocycles. The highest BCUT2D eigenvalue weighted by atomic mass is 127. The predicted octanol–water partition coefficient (Wildman–Crippen LogP) is 3.02. The lowest BCUT2D eigenvalue weighted by molar-refractivity contribution is 0.0473. The molecule has 0 saturated carbocycles. The summed E-state index contributed by atoms with van der Waals surface area (Å²) in [5, 5.41) is 12.0. The lowest BCUT2D eigenvalue weighted by atomic mass is 10.1. The van der Waals surface area contributed by atoms with Crippen LogP contribution in [-0.2, 0) is 11.3 Å². The lowest BCUT2D eigenvalue weighted by Crippen LogP contribution is -2.54. The third-order valence-corrected chi connectivity index (χ3v) is 3.77. The molecule has 1 aromatic carbocycles. The quantitative estimate of drug-likeness (QED) is 0.245. The van der Waals surface area contributed by atoms with Crippen LogP contribution in [0.5, 0.6) is 0 Å². The first-order valence-corrected chi connectivity index (χ1v) is 9.78. The number of hydrogen-bond donors (Lipinski definition) is 4. The topological polar surface area (TPSA) is 104 Å². The molecule has 0 aliphatic rings. The van der Waals surface area contributed by atoms with Gasteiger partial charge in [-0.05, 0) is 59.2 Å². The Kier molecular flexibility index (Phi) is 11.8. The van der Waals surface area contributed by atoms with Crippen LogP contribution in [0.1, 0.15) is 57.5 Å². The van der Waals surface area contributed by atoms with Crippen LogP contribution in [0.4, 0.5) is 4.79 Å². The Balaban J connectivity index is 0.00000841. The molecule has 0 bridgehead atoms. The number of halogens is 1. The lowest BCUT2D eigenvalue weighted by Gasteiger charge is -2.29. The maximum Gasteiger partial charge on any atom is 0.408 e. The number of nitrogens with zero attached hydrogens (tertiary/aromatic N) is 1. The van der Waals surface area contributed by atoms with Gasteiger partial charge in [0, 0.05) is 32.2 Å². The van der Waals surface area contributed by atoms with Gasteiger partial charge in [0.25, 0.3) is 5.91 Å². The van der Waals surface area contributed by atoms with E-state index in [9.17, 15) is 9.59 Å². The molecular formula is C21H36IN5O3. The van der Waals surface area contributed by atoms with Gasteiger partial charge in [-0.3, -0.25) is 9.79 Å². The Hall–Kier alpha value is -2.04. The second kappa shape index (κ2) is 12.6. The molecular weight excluding hydrogens is 497 g/mol. The van der Waals surface area contributed by atoms with Gasteiger partial charge >= 0.3 is 6.09 Å². The first-order chi connectivity index (χ1) is 13.5. The van der Waals surface area contributed by atoms with Crippen molar-refractivity contribution < 1.29 is 14.3 Å². The van der Waals surface area contributed by atoms with Crippen LogP contribution in [0.2, 0.25) is 0 Å². The number of carbonyl (C=O) groups excluding carboxylic acids is 2.